The monoisotopic (exact) mass is 361 g/mol. The summed E-state index contributed by atoms with van der Waals surface area (Å²) in [4.78, 5) is 8.04. The van der Waals surface area contributed by atoms with Gasteiger partial charge in [0.1, 0.15) is 0 Å². The lowest BCUT2D eigenvalue weighted by atomic mass is 10.3. The highest BCUT2D eigenvalue weighted by atomic mass is 79.9. The van der Waals surface area contributed by atoms with Crippen molar-refractivity contribution >= 4 is 55.0 Å². The van der Waals surface area contributed by atoms with Crippen LogP contribution >= 0.6 is 43.5 Å². The normalized spacial score (nSPS) is 10.2. The topological polar surface area (TPSA) is 37.8 Å². The third-order valence-corrected chi connectivity index (χ3v) is 3.30. The van der Waals surface area contributed by atoms with Crippen molar-refractivity contribution in [2.75, 3.05) is 5.32 Å². The second-order valence-corrected chi connectivity index (χ2v) is 5.07. The molecule has 0 atom stereocenters. The molecule has 1 heterocycles. The average Bonchev–Trinajstić information content (AvgIpc) is 2.27. The molecule has 0 radical (unpaired) electrons. The van der Waals surface area contributed by atoms with E-state index in [1.807, 2.05) is 18.2 Å². The summed E-state index contributed by atoms with van der Waals surface area (Å²) >= 11 is 12.7. The Labute approximate surface area is 115 Å². The number of hydrogen-bond donors (Lipinski definition) is 1. The first kappa shape index (κ1) is 11.8. The molecule has 3 nitrogen and oxygen atoms in total. The Morgan fingerprint density at radius 1 is 1.12 bits per heavy atom. The molecule has 0 unspecified atom stereocenters. The number of nitrogens with zero attached hydrogens (tertiary/aromatic N) is 2. The number of anilines is 2. The summed E-state index contributed by atoms with van der Waals surface area (Å²) in [7, 11) is 0. The zero-order valence-corrected chi connectivity index (χ0v) is 11.8. The summed E-state index contributed by atoms with van der Waals surface area (Å²) in [5.74, 6) is 0.531. The molecular weight excluding hydrogens is 357 g/mol. The van der Waals surface area contributed by atoms with Gasteiger partial charge in [-0.25, -0.2) is 9.97 Å². The first-order valence-corrected chi connectivity index (χ1v) is 6.32. The Balaban J connectivity index is 2.34. The van der Waals surface area contributed by atoms with E-state index in [-0.39, 0.29) is 0 Å². The van der Waals surface area contributed by atoms with Crippen LogP contribution in [-0.4, -0.2) is 9.97 Å². The highest BCUT2D eigenvalue weighted by molar-refractivity contribution is 9.11. The number of benzene rings is 1. The van der Waals surface area contributed by atoms with Crippen LogP contribution in [0.25, 0.3) is 0 Å². The fourth-order valence-electron chi connectivity index (χ4n) is 1.13. The standard InChI is InChI=1S/C10H6Br2ClN3/c11-6-1-2-7(12)8(5-6)16-10-9(13)14-3-4-15-10/h1-5H,(H,15,16). The van der Waals surface area contributed by atoms with Gasteiger partial charge in [-0.3, -0.25) is 0 Å². The minimum Gasteiger partial charge on any atom is -0.337 e. The predicted octanol–water partition coefficient (Wildman–Crippen LogP) is 4.40. The zero-order chi connectivity index (χ0) is 11.5. The van der Waals surface area contributed by atoms with Crippen molar-refractivity contribution < 1.29 is 0 Å². The fourth-order valence-corrected chi connectivity index (χ4v) is 1.98. The van der Waals surface area contributed by atoms with Crippen molar-refractivity contribution in [2.45, 2.75) is 0 Å². The molecule has 0 saturated heterocycles. The lowest BCUT2D eigenvalue weighted by molar-refractivity contribution is 1.20. The van der Waals surface area contributed by atoms with Crippen LogP contribution in [0, 0.1) is 0 Å². The molecule has 1 N–H and O–H groups in total. The lowest BCUT2D eigenvalue weighted by Gasteiger charge is -2.08. The predicted molar refractivity (Wildman–Crippen MR) is 72.2 cm³/mol. The zero-order valence-electron chi connectivity index (χ0n) is 7.92. The van der Waals surface area contributed by atoms with Gasteiger partial charge in [-0.2, -0.15) is 0 Å². The Kier molecular flexibility index (Phi) is 3.78. The molecule has 2 aromatic rings. The molecule has 2 rings (SSSR count). The average molecular weight is 363 g/mol. The SMILES string of the molecule is Clc1nccnc1Nc1cc(Br)ccc1Br. The van der Waals surface area contributed by atoms with Crippen molar-refractivity contribution in [2.24, 2.45) is 0 Å². The first-order chi connectivity index (χ1) is 7.66. The maximum atomic E-state index is 5.90. The minimum absolute atomic E-state index is 0.342. The molecule has 0 bridgehead atoms. The summed E-state index contributed by atoms with van der Waals surface area (Å²) < 4.78 is 1.90. The molecule has 0 spiro atoms. The number of halogens is 3. The van der Waals surface area contributed by atoms with Gasteiger partial charge in [0.2, 0.25) is 0 Å². The summed E-state index contributed by atoms with van der Waals surface area (Å²) in [5.41, 5.74) is 0.872. The molecular formula is C10H6Br2ClN3. The van der Waals surface area contributed by atoms with E-state index in [9.17, 15) is 0 Å². The molecule has 0 saturated carbocycles. The largest absolute Gasteiger partial charge is 0.337 e. The van der Waals surface area contributed by atoms with Crippen LogP contribution in [0.4, 0.5) is 11.5 Å². The van der Waals surface area contributed by atoms with E-state index < -0.39 is 0 Å². The van der Waals surface area contributed by atoms with E-state index in [1.54, 1.807) is 12.4 Å². The van der Waals surface area contributed by atoms with Crippen LogP contribution < -0.4 is 5.32 Å². The Bertz CT molecular complexity index is 519. The van der Waals surface area contributed by atoms with Gasteiger partial charge in [-0.1, -0.05) is 27.5 Å². The van der Waals surface area contributed by atoms with Crippen LogP contribution in [-0.2, 0) is 0 Å². The number of rotatable bonds is 2. The molecule has 1 aromatic carbocycles. The van der Waals surface area contributed by atoms with Crippen molar-refractivity contribution in [3.8, 4) is 0 Å². The van der Waals surface area contributed by atoms with Crippen molar-refractivity contribution in [3.63, 3.8) is 0 Å². The van der Waals surface area contributed by atoms with Gasteiger partial charge in [-0.15, -0.1) is 0 Å². The molecule has 0 fully saturated rings. The summed E-state index contributed by atoms with van der Waals surface area (Å²) in [5, 5.41) is 3.44. The Hall–Kier alpha value is -0.650. The molecule has 0 amide bonds. The van der Waals surface area contributed by atoms with E-state index in [4.69, 9.17) is 11.6 Å². The maximum Gasteiger partial charge on any atom is 0.171 e. The second-order valence-electron chi connectivity index (χ2n) is 2.94. The van der Waals surface area contributed by atoms with Crippen LogP contribution in [0.5, 0.6) is 0 Å². The molecule has 0 aliphatic carbocycles. The smallest absolute Gasteiger partial charge is 0.171 e. The summed E-state index contributed by atoms with van der Waals surface area (Å²) in [6, 6.07) is 5.79. The molecule has 1 aromatic heterocycles. The lowest BCUT2D eigenvalue weighted by Crippen LogP contribution is -1.96. The number of hydrogen-bond acceptors (Lipinski definition) is 3. The van der Waals surface area contributed by atoms with E-state index >= 15 is 0 Å². The van der Waals surface area contributed by atoms with Gasteiger partial charge in [0.25, 0.3) is 0 Å². The highest BCUT2D eigenvalue weighted by Crippen LogP contribution is 2.29. The summed E-state index contributed by atoms with van der Waals surface area (Å²) in [6.45, 7) is 0. The van der Waals surface area contributed by atoms with Crippen LogP contribution in [0.3, 0.4) is 0 Å². The van der Waals surface area contributed by atoms with E-state index in [0.29, 0.717) is 11.0 Å². The molecule has 16 heavy (non-hydrogen) atoms. The van der Waals surface area contributed by atoms with Gasteiger partial charge < -0.3 is 5.32 Å². The Morgan fingerprint density at radius 3 is 2.62 bits per heavy atom. The maximum absolute atomic E-state index is 5.90. The van der Waals surface area contributed by atoms with Gasteiger partial charge >= 0.3 is 0 Å². The van der Waals surface area contributed by atoms with Crippen molar-refractivity contribution in [3.05, 3.63) is 44.7 Å². The molecule has 6 heteroatoms. The van der Waals surface area contributed by atoms with Crippen molar-refractivity contribution in [1.29, 1.82) is 0 Å². The molecule has 82 valence electrons. The highest BCUT2D eigenvalue weighted by Gasteiger charge is 2.05. The first-order valence-electron chi connectivity index (χ1n) is 4.35. The quantitative estimate of drug-likeness (QED) is 0.859. The summed E-state index contributed by atoms with van der Waals surface area (Å²) in [6.07, 6.45) is 3.13. The van der Waals surface area contributed by atoms with Crippen LogP contribution in [0.2, 0.25) is 5.15 Å². The second kappa shape index (κ2) is 5.12. The van der Waals surface area contributed by atoms with Gasteiger partial charge in [0.15, 0.2) is 11.0 Å². The number of aromatic nitrogens is 2. The van der Waals surface area contributed by atoms with Crippen LogP contribution in [0.15, 0.2) is 39.5 Å². The van der Waals surface area contributed by atoms with Gasteiger partial charge in [-0.05, 0) is 34.1 Å². The van der Waals surface area contributed by atoms with E-state index in [0.717, 1.165) is 14.6 Å². The van der Waals surface area contributed by atoms with Crippen LogP contribution in [0.1, 0.15) is 0 Å². The van der Waals surface area contributed by atoms with E-state index in [1.165, 1.54) is 0 Å². The van der Waals surface area contributed by atoms with Crippen molar-refractivity contribution in [1.82, 2.24) is 9.97 Å². The minimum atomic E-state index is 0.342. The van der Waals surface area contributed by atoms with Gasteiger partial charge in [0, 0.05) is 21.3 Å². The van der Waals surface area contributed by atoms with Gasteiger partial charge in [0.05, 0.1) is 5.69 Å². The Morgan fingerprint density at radius 2 is 1.88 bits per heavy atom. The molecule has 0 aliphatic rings. The third kappa shape index (κ3) is 2.72. The number of nitrogens with one attached hydrogen (secondary N) is 1. The third-order valence-electron chi connectivity index (χ3n) is 1.84. The molecule has 0 aliphatic heterocycles. The fraction of sp³-hybridized carbons (Fsp3) is 0. The van der Waals surface area contributed by atoms with E-state index in [2.05, 4.69) is 47.1 Å².